The molecule has 33 heavy (non-hydrogen) atoms. The first-order valence-electron chi connectivity index (χ1n) is 9.85. The number of rotatable bonds is 4. The lowest BCUT2D eigenvalue weighted by Crippen LogP contribution is -2.29. The van der Waals surface area contributed by atoms with Gasteiger partial charge in [0, 0.05) is 15.7 Å². The summed E-state index contributed by atoms with van der Waals surface area (Å²) in [5.74, 6) is -1.96. The topological polar surface area (TPSA) is 118 Å². The predicted octanol–water partition coefficient (Wildman–Crippen LogP) is 4.03. The summed E-state index contributed by atoms with van der Waals surface area (Å²) in [5, 5.41) is 16.3. The summed E-state index contributed by atoms with van der Waals surface area (Å²) in [6.07, 6.45) is 0. The monoisotopic (exact) mass is 526 g/mol. The van der Waals surface area contributed by atoms with Gasteiger partial charge in [-0.15, -0.1) is 0 Å². The number of nitrogens with two attached hydrogens (primary N) is 1. The molecule has 1 amide bonds. The van der Waals surface area contributed by atoms with Crippen molar-refractivity contribution in [3.05, 3.63) is 99.5 Å². The number of aliphatic hydroxyl groups excluding tert-OH is 1. The van der Waals surface area contributed by atoms with Gasteiger partial charge in [-0.1, -0.05) is 52.3 Å². The van der Waals surface area contributed by atoms with Crippen molar-refractivity contribution in [3.8, 4) is 0 Å². The number of aliphatic hydroxyl groups is 1. The third-order valence-electron chi connectivity index (χ3n) is 5.43. The van der Waals surface area contributed by atoms with Crippen LogP contribution in [-0.4, -0.2) is 25.2 Å². The highest BCUT2D eigenvalue weighted by molar-refractivity contribution is 9.10. The normalized spacial score (nSPS) is 18.0. The minimum atomic E-state index is -3.92. The van der Waals surface area contributed by atoms with Gasteiger partial charge in [0.25, 0.3) is 11.7 Å². The summed E-state index contributed by atoms with van der Waals surface area (Å²) < 4.78 is 24.1. The highest BCUT2D eigenvalue weighted by Crippen LogP contribution is 2.42. The zero-order valence-corrected chi connectivity index (χ0v) is 19.8. The molecular weight excluding hydrogens is 508 g/mol. The molecule has 3 aromatic carbocycles. The zero-order chi connectivity index (χ0) is 23.9. The van der Waals surface area contributed by atoms with Gasteiger partial charge in [-0.05, 0) is 54.4 Å². The van der Waals surface area contributed by atoms with E-state index >= 15 is 0 Å². The number of carbonyl (C=O) groups excluding carboxylic acids is 2. The Hall–Kier alpha value is -3.27. The van der Waals surface area contributed by atoms with Gasteiger partial charge in [0.1, 0.15) is 5.76 Å². The average molecular weight is 527 g/mol. The van der Waals surface area contributed by atoms with Crippen LogP contribution in [0.5, 0.6) is 0 Å². The van der Waals surface area contributed by atoms with E-state index in [1.807, 2.05) is 6.92 Å². The Bertz CT molecular complexity index is 1400. The SMILES string of the molecule is Cc1cc(/C(O)=C2\C(=O)C(=O)N(c3ccc(S(N)(=O)=O)cc3)C2c2ccccc2)ccc1Br. The fourth-order valence-corrected chi connectivity index (χ4v) is 4.56. The molecule has 0 radical (unpaired) electrons. The molecule has 0 aromatic heterocycles. The maximum atomic E-state index is 13.1. The first-order valence-corrected chi connectivity index (χ1v) is 12.2. The van der Waals surface area contributed by atoms with E-state index in [-0.39, 0.29) is 16.2 Å². The van der Waals surface area contributed by atoms with Crippen LogP contribution in [0.25, 0.3) is 5.76 Å². The van der Waals surface area contributed by atoms with Gasteiger partial charge in [0.2, 0.25) is 10.0 Å². The van der Waals surface area contributed by atoms with E-state index in [0.717, 1.165) is 10.0 Å². The van der Waals surface area contributed by atoms with Gasteiger partial charge in [-0.25, -0.2) is 13.6 Å². The summed E-state index contributed by atoms with van der Waals surface area (Å²) in [4.78, 5) is 27.4. The molecule has 3 N–H and O–H groups in total. The third-order valence-corrected chi connectivity index (χ3v) is 7.25. The lowest BCUT2D eigenvalue weighted by Gasteiger charge is -2.25. The highest BCUT2D eigenvalue weighted by atomic mass is 79.9. The number of sulfonamides is 1. The van der Waals surface area contributed by atoms with Crippen LogP contribution in [0.4, 0.5) is 5.69 Å². The van der Waals surface area contributed by atoms with Crippen molar-refractivity contribution in [1.82, 2.24) is 0 Å². The molecule has 7 nitrogen and oxygen atoms in total. The van der Waals surface area contributed by atoms with E-state index in [2.05, 4.69) is 15.9 Å². The predicted molar refractivity (Wildman–Crippen MR) is 128 cm³/mol. The molecule has 3 aromatic rings. The standard InChI is InChI=1S/C24H19BrN2O5S/c1-14-13-16(7-12-19(14)25)22(28)20-21(15-5-3-2-4-6-15)27(24(30)23(20)29)17-8-10-18(11-9-17)33(26,31)32/h2-13,21,28H,1H3,(H2,26,31,32)/b22-20+. The van der Waals surface area contributed by atoms with Gasteiger partial charge < -0.3 is 5.11 Å². The molecule has 168 valence electrons. The van der Waals surface area contributed by atoms with Crippen LogP contribution in [0.2, 0.25) is 0 Å². The van der Waals surface area contributed by atoms with E-state index in [0.29, 0.717) is 16.8 Å². The van der Waals surface area contributed by atoms with Crippen LogP contribution in [0.15, 0.2) is 87.7 Å². The van der Waals surface area contributed by atoms with Crippen molar-refractivity contribution in [1.29, 1.82) is 0 Å². The van der Waals surface area contributed by atoms with Gasteiger partial charge in [0.15, 0.2) is 0 Å². The van der Waals surface area contributed by atoms with Crippen molar-refractivity contribution in [2.45, 2.75) is 17.9 Å². The molecule has 1 atom stereocenters. The molecule has 1 fully saturated rings. The zero-order valence-electron chi connectivity index (χ0n) is 17.4. The Morgan fingerprint density at radius 2 is 1.64 bits per heavy atom. The van der Waals surface area contributed by atoms with Gasteiger partial charge in [-0.2, -0.15) is 0 Å². The van der Waals surface area contributed by atoms with Crippen molar-refractivity contribution in [2.75, 3.05) is 4.90 Å². The molecule has 0 spiro atoms. The number of ketones is 1. The molecule has 0 aliphatic carbocycles. The van der Waals surface area contributed by atoms with Crippen molar-refractivity contribution in [3.63, 3.8) is 0 Å². The van der Waals surface area contributed by atoms with Crippen molar-refractivity contribution < 1.29 is 23.1 Å². The lowest BCUT2D eigenvalue weighted by atomic mass is 9.95. The Labute approximate surface area is 199 Å². The maximum Gasteiger partial charge on any atom is 0.300 e. The fraction of sp³-hybridized carbons (Fsp3) is 0.0833. The third kappa shape index (κ3) is 4.22. The summed E-state index contributed by atoms with van der Waals surface area (Å²) in [7, 11) is -3.92. The van der Waals surface area contributed by atoms with E-state index in [4.69, 9.17) is 5.14 Å². The Kier molecular flexibility index (Phi) is 5.96. The Morgan fingerprint density at radius 3 is 2.21 bits per heavy atom. The van der Waals surface area contributed by atoms with Gasteiger partial charge >= 0.3 is 0 Å². The quantitative estimate of drug-likeness (QED) is 0.302. The van der Waals surface area contributed by atoms with Crippen LogP contribution in [0, 0.1) is 6.92 Å². The minimum Gasteiger partial charge on any atom is -0.507 e. The molecule has 0 saturated carbocycles. The largest absolute Gasteiger partial charge is 0.507 e. The number of hydrogen-bond acceptors (Lipinski definition) is 5. The number of benzene rings is 3. The maximum absolute atomic E-state index is 13.1. The van der Waals surface area contributed by atoms with E-state index in [1.54, 1.807) is 48.5 Å². The van der Waals surface area contributed by atoms with E-state index in [9.17, 15) is 23.1 Å². The van der Waals surface area contributed by atoms with Crippen LogP contribution >= 0.6 is 15.9 Å². The average Bonchev–Trinajstić information content (AvgIpc) is 3.06. The number of nitrogens with zero attached hydrogens (tertiary/aromatic N) is 1. The van der Waals surface area contributed by atoms with E-state index in [1.165, 1.54) is 29.2 Å². The fourth-order valence-electron chi connectivity index (χ4n) is 3.79. The summed E-state index contributed by atoms with van der Waals surface area (Å²) in [5.41, 5.74) is 2.11. The first-order chi connectivity index (χ1) is 15.6. The molecule has 1 heterocycles. The summed E-state index contributed by atoms with van der Waals surface area (Å²) in [6, 6.07) is 18.4. The number of anilines is 1. The molecule has 1 aliphatic heterocycles. The molecule has 1 unspecified atom stereocenters. The molecule has 0 bridgehead atoms. The number of carbonyl (C=O) groups is 2. The molecule has 4 rings (SSSR count). The molecular formula is C24H19BrN2O5S. The smallest absolute Gasteiger partial charge is 0.300 e. The minimum absolute atomic E-state index is 0.0524. The van der Waals surface area contributed by atoms with Crippen LogP contribution in [-0.2, 0) is 19.6 Å². The molecule has 1 aliphatic rings. The Morgan fingerprint density at radius 1 is 1.00 bits per heavy atom. The Balaban J connectivity index is 1.92. The van der Waals surface area contributed by atoms with Gasteiger partial charge in [0.05, 0.1) is 16.5 Å². The second-order valence-electron chi connectivity index (χ2n) is 7.58. The number of primary sulfonamides is 1. The summed E-state index contributed by atoms with van der Waals surface area (Å²) in [6.45, 7) is 1.85. The van der Waals surface area contributed by atoms with Crippen molar-refractivity contribution in [2.24, 2.45) is 5.14 Å². The number of Topliss-reactive ketones (excluding diaryl/α,β-unsaturated/α-hetero) is 1. The highest BCUT2D eigenvalue weighted by Gasteiger charge is 2.46. The number of hydrogen-bond donors (Lipinski definition) is 2. The second-order valence-corrected chi connectivity index (χ2v) is 10.00. The first kappa shape index (κ1) is 22.9. The molecule has 1 saturated heterocycles. The lowest BCUT2D eigenvalue weighted by molar-refractivity contribution is -0.132. The number of halogens is 1. The second kappa shape index (κ2) is 8.58. The van der Waals surface area contributed by atoms with E-state index < -0.39 is 27.8 Å². The van der Waals surface area contributed by atoms with Gasteiger partial charge in [-0.3, -0.25) is 14.5 Å². The van der Waals surface area contributed by atoms with Crippen LogP contribution < -0.4 is 10.0 Å². The van der Waals surface area contributed by atoms with Crippen molar-refractivity contribution >= 4 is 49.1 Å². The number of aryl methyl sites for hydroxylation is 1. The summed E-state index contributed by atoms with van der Waals surface area (Å²) >= 11 is 3.41. The number of amides is 1. The molecule has 9 heteroatoms. The van der Waals surface area contributed by atoms with Crippen LogP contribution in [0.3, 0.4) is 0 Å². The van der Waals surface area contributed by atoms with Crippen LogP contribution in [0.1, 0.15) is 22.7 Å².